The molecule has 1 unspecified atom stereocenters. The molecule has 1 atom stereocenters. The summed E-state index contributed by atoms with van der Waals surface area (Å²) in [5.74, 6) is 0.767. The normalized spacial score (nSPS) is 20.1. The van der Waals surface area contributed by atoms with E-state index in [0.29, 0.717) is 0 Å². The lowest BCUT2D eigenvalue weighted by Gasteiger charge is -2.41. The van der Waals surface area contributed by atoms with Gasteiger partial charge in [0.05, 0.1) is 45.7 Å². The van der Waals surface area contributed by atoms with Crippen LogP contribution < -0.4 is 4.90 Å². The molecule has 158 valence electrons. The van der Waals surface area contributed by atoms with E-state index < -0.39 is 10.4 Å². The zero-order valence-electron chi connectivity index (χ0n) is 17.1. The van der Waals surface area contributed by atoms with Crippen LogP contribution in [0, 0.1) is 5.92 Å². The average Bonchev–Trinajstić information content (AvgIpc) is 2.67. The maximum atomic E-state index is 9.22. The first-order valence-corrected chi connectivity index (χ1v) is 11.8. The van der Waals surface area contributed by atoms with E-state index in [0.717, 1.165) is 24.1 Å². The molecule has 6 nitrogen and oxygen atoms in total. The monoisotopic (exact) mass is 436 g/mol. The molecule has 0 N–H and O–H groups in total. The fourth-order valence-electron chi connectivity index (χ4n) is 4.07. The first kappa shape index (κ1) is 22.1. The molecule has 4 rings (SSSR count). The van der Waals surface area contributed by atoms with Crippen LogP contribution in [0.2, 0.25) is 0 Å². The van der Waals surface area contributed by atoms with Gasteiger partial charge in [-0.1, -0.05) is 36.0 Å². The predicted octanol–water partition coefficient (Wildman–Crippen LogP) is 3.87. The molecular formula is C21H28N2O4S2. The van der Waals surface area contributed by atoms with E-state index in [4.69, 9.17) is 0 Å². The summed E-state index contributed by atoms with van der Waals surface area (Å²) in [5.41, 5.74) is 2.76. The second-order valence-corrected chi connectivity index (χ2v) is 10.3. The Kier molecular flexibility index (Phi) is 6.90. The molecule has 8 heteroatoms. The van der Waals surface area contributed by atoms with Crippen LogP contribution in [0.1, 0.15) is 12.8 Å². The minimum absolute atomic E-state index is 0.767. The van der Waals surface area contributed by atoms with Crippen molar-refractivity contribution in [2.45, 2.75) is 22.6 Å². The highest BCUT2D eigenvalue weighted by Crippen LogP contribution is 2.48. The Morgan fingerprint density at radius 1 is 1.10 bits per heavy atom. The number of piperidine rings is 1. The molecule has 0 bridgehead atoms. The summed E-state index contributed by atoms with van der Waals surface area (Å²) >= 11 is 1.90. The van der Waals surface area contributed by atoms with Crippen molar-refractivity contribution in [2.24, 2.45) is 5.92 Å². The number of likely N-dealkylation sites (tertiary alicyclic amines) is 1. The van der Waals surface area contributed by atoms with Gasteiger partial charge in [0.25, 0.3) is 0 Å². The molecule has 0 spiro atoms. The van der Waals surface area contributed by atoms with Crippen molar-refractivity contribution in [2.75, 3.05) is 45.7 Å². The number of hydrogen-bond acceptors (Lipinski definition) is 6. The predicted molar refractivity (Wildman–Crippen MR) is 115 cm³/mol. The van der Waals surface area contributed by atoms with Crippen LogP contribution in [0.5, 0.6) is 0 Å². The Balaban J connectivity index is 0.000000353. The largest absolute Gasteiger partial charge is 0.726 e. The van der Waals surface area contributed by atoms with Gasteiger partial charge in [0, 0.05) is 22.3 Å². The van der Waals surface area contributed by atoms with Gasteiger partial charge < -0.3 is 13.9 Å². The van der Waals surface area contributed by atoms with E-state index in [2.05, 4.69) is 71.7 Å². The smallest absolute Gasteiger partial charge is 0.217 e. The van der Waals surface area contributed by atoms with Gasteiger partial charge in [-0.15, -0.1) is 0 Å². The fraction of sp³-hybridized carbons (Fsp3) is 0.429. The first-order valence-electron chi connectivity index (χ1n) is 9.65. The zero-order chi connectivity index (χ0) is 21.1. The summed E-state index contributed by atoms with van der Waals surface area (Å²) in [7, 11) is 1.15. The number of hydrogen-bond donors (Lipinski definition) is 0. The lowest BCUT2D eigenvalue weighted by Crippen LogP contribution is -2.49. The molecule has 0 radical (unpaired) electrons. The van der Waals surface area contributed by atoms with Crippen LogP contribution in [0.3, 0.4) is 0 Å². The van der Waals surface area contributed by atoms with Crippen molar-refractivity contribution < 1.29 is 21.6 Å². The van der Waals surface area contributed by atoms with Crippen LogP contribution in [-0.2, 0) is 14.6 Å². The first-order chi connectivity index (χ1) is 13.7. The Hall–Kier alpha value is -1.58. The number of fused-ring (bicyclic) bond motifs is 2. The van der Waals surface area contributed by atoms with Gasteiger partial charge in [0.15, 0.2) is 0 Å². The highest BCUT2D eigenvalue weighted by Gasteiger charge is 2.31. The summed E-state index contributed by atoms with van der Waals surface area (Å²) in [4.78, 5) is 5.34. The molecule has 0 aliphatic carbocycles. The molecule has 2 aliphatic rings. The van der Waals surface area contributed by atoms with Crippen molar-refractivity contribution >= 4 is 33.5 Å². The molecule has 1 saturated heterocycles. The molecule has 0 saturated carbocycles. The Labute approximate surface area is 178 Å². The van der Waals surface area contributed by atoms with Crippen molar-refractivity contribution in [3.63, 3.8) is 0 Å². The van der Waals surface area contributed by atoms with Gasteiger partial charge in [0.2, 0.25) is 10.4 Å². The van der Waals surface area contributed by atoms with Gasteiger partial charge in [-0.2, -0.15) is 0 Å². The highest BCUT2D eigenvalue weighted by atomic mass is 32.3. The van der Waals surface area contributed by atoms with Gasteiger partial charge in [-0.25, -0.2) is 8.42 Å². The van der Waals surface area contributed by atoms with Crippen LogP contribution >= 0.6 is 11.8 Å². The van der Waals surface area contributed by atoms with E-state index >= 15 is 0 Å². The third-order valence-electron chi connectivity index (χ3n) is 5.31. The van der Waals surface area contributed by atoms with E-state index in [1.54, 1.807) is 0 Å². The van der Waals surface area contributed by atoms with Gasteiger partial charge in [-0.3, -0.25) is 4.18 Å². The lowest BCUT2D eigenvalue weighted by molar-refractivity contribution is -0.898. The topological polar surface area (TPSA) is 69.7 Å². The molecule has 29 heavy (non-hydrogen) atoms. The van der Waals surface area contributed by atoms with Crippen molar-refractivity contribution in [1.29, 1.82) is 0 Å². The van der Waals surface area contributed by atoms with E-state index in [-0.39, 0.29) is 0 Å². The summed E-state index contributed by atoms with van der Waals surface area (Å²) < 4.78 is 32.2. The molecular weight excluding hydrogens is 408 g/mol. The Bertz CT molecular complexity index is 902. The minimum Gasteiger partial charge on any atom is -0.726 e. The Morgan fingerprint density at radius 3 is 2.10 bits per heavy atom. The van der Waals surface area contributed by atoms with Crippen LogP contribution in [0.4, 0.5) is 11.4 Å². The average molecular weight is 437 g/mol. The van der Waals surface area contributed by atoms with Crippen LogP contribution in [0.15, 0.2) is 58.3 Å². The number of nitrogens with zero attached hydrogens (tertiary/aromatic N) is 2. The molecule has 0 amide bonds. The number of rotatable bonds is 3. The number of benzene rings is 2. The van der Waals surface area contributed by atoms with Gasteiger partial charge in [0.1, 0.15) is 0 Å². The Morgan fingerprint density at radius 2 is 1.62 bits per heavy atom. The molecule has 1 fully saturated rings. The zero-order valence-corrected chi connectivity index (χ0v) is 18.7. The van der Waals surface area contributed by atoms with Crippen LogP contribution in [0.25, 0.3) is 0 Å². The maximum absolute atomic E-state index is 9.22. The fourth-order valence-corrected chi connectivity index (χ4v) is 5.17. The summed E-state index contributed by atoms with van der Waals surface area (Å²) in [5, 5.41) is 0. The maximum Gasteiger partial charge on any atom is 0.217 e. The van der Waals surface area contributed by atoms with Gasteiger partial charge in [-0.05, 0) is 37.1 Å². The SMILES string of the molecule is COS(=O)(=O)[O-].C[N+]1(C)CCCC(CN2c3ccccc3Sc3ccccc32)C1. The number of anilines is 2. The van der Waals surface area contributed by atoms with Crippen LogP contribution in [-0.4, -0.2) is 58.3 Å². The second kappa shape index (κ2) is 9.06. The second-order valence-electron chi connectivity index (χ2n) is 8.07. The summed E-state index contributed by atoms with van der Waals surface area (Å²) in [6, 6.07) is 17.7. The molecule has 2 heterocycles. The number of quaternary nitrogens is 1. The molecule has 2 aromatic carbocycles. The molecule has 2 aromatic rings. The quantitative estimate of drug-likeness (QED) is 0.413. The van der Waals surface area contributed by atoms with Gasteiger partial charge >= 0.3 is 0 Å². The van der Waals surface area contributed by atoms with E-state index in [1.165, 1.54) is 47.1 Å². The van der Waals surface area contributed by atoms with Crippen molar-refractivity contribution in [3.05, 3.63) is 48.5 Å². The van der Waals surface area contributed by atoms with E-state index in [1.807, 2.05) is 11.8 Å². The lowest BCUT2D eigenvalue weighted by atomic mass is 9.95. The third kappa shape index (κ3) is 5.96. The molecule has 0 aromatic heterocycles. The standard InChI is InChI=1S/C20H25N2S.CH4O4S/c1-22(2)13-7-8-16(15-22)14-21-17-9-3-5-11-19(17)23-20-12-6-4-10-18(20)21;1-5-6(2,3)4/h3-6,9-12,16H,7-8,13-15H2,1-2H3;1H3,(H,2,3,4)/q+1;/p-1. The summed E-state index contributed by atoms with van der Waals surface area (Å²) in [6.07, 6.45) is 2.71. The molecule has 2 aliphatic heterocycles. The number of para-hydroxylation sites is 2. The highest BCUT2D eigenvalue weighted by molar-refractivity contribution is 7.99. The van der Waals surface area contributed by atoms with Crippen molar-refractivity contribution in [1.82, 2.24) is 0 Å². The third-order valence-corrected chi connectivity index (χ3v) is 6.84. The van der Waals surface area contributed by atoms with E-state index in [9.17, 15) is 13.0 Å². The van der Waals surface area contributed by atoms with Crippen molar-refractivity contribution in [3.8, 4) is 0 Å². The minimum atomic E-state index is -4.41. The summed E-state index contributed by atoms with van der Waals surface area (Å²) in [6.45, 7) is 3.74.